The topological polar surface area (TPSA) is 32.3 Å². The van der Waals surface area contributed by atoms with Crippen LogP contribution in [-0.2, 0) is 4.79 Å². The summed E-state index contributed by atoms with van der Waals surface area (Å²) in [5.41, 5.74) is 0. The van der Waals surface area contributed by atoms with E-state index in [0.717, 1.165) is 32.4 Å². The highest BCUT2D eigenvalue weighted by molar-refractivity contribution is 5.79. The molecule has 1 aliphatic carbocycles. The summed E-state index contributed by atoms with van der Waals surface area (Å²) in [7, 11) is 0. The van der Waals surface area contributed by atoms with Gasteiger partial charge >= 0.3 is 0 Å². The van der Waals surface area contributed by atoms with E-state index in [0.29, 0.717) is 23.9 Å². The lowest BCUT2D eigenvalue weighted by Crippen LogP contribution is -2.48. The molecule has 3 rings (SSSR count). The molecule has 0 aromatic carbocycles. The fourth-order valence-corrected chi connectivity index (χ4v) is 3.87. The van der Waals surface area contributed by atoms with E-state index >= 15 is 0 Å². The smallest absolute Gasteiger partial charge is 0.223 e. The van der Waals surface area contributed by atoms with Gasteiger partial charge in [0, 0.05) is 18.5 Å². The van der Waals surface area contributed by atoms with Crippen LogP contribution >= 0.6 is 0 Å². The van der Waals surface area contributed by atoms with Gasteiger partial charge in [0.15, 0.2) is 0 Å². The first-order chi connectivity index (χ1) is 7.86. The van der Waals surface area contributed by atoms with Crippen LogP contribution in [0.1, 0.15) is 44.9 Å². The summed E-state index contributed by atoms with van der Waals surface area (Å²) in [6.45, 7) is 2.18. The number of carbonyl (C=O) groups excluding carboxylic acids is 1. The molecular formula is C13H22N2O. The lowest BCUT2D eigenvalue weighted by atomic mass is 9.84. The van der Waals surface area contributed by atoms with Crippen LogP contribution in [0.3, 0.4) is 0 Å². The summed E-state index contributed by atoms with van der Waals surface area (Å²) in [5.74, 6) is 1.14. The molecule has 2 aliphatic heterocycles. The number of piperidine rings is 1. The molecule has 1 N–H and O–H groups in total. The number of nitrogens with one attached hydrogen (secondary N) is 1. The highest BCUT2D eigenvalue weighted by atomic mass is 16.2. The van der Waals surface area contributed by atoms with Crippen molar-refractivity contribution in [2.45, 2.75) is 57.0 Å². The van der Waals surface area contributed by atoms with Crippen LogP contribution < -0.4 is 5.32 Å². The Bertz CT molecular complexity index is 273. The van der Waals surface area contributed by atoms with Gasteiger partial charge in [-0.15, -0.1) is 0 Å². The molecule has 0 aromatic heterocycles. The first-order valence-corrected chi connectivity index (χ1v) is 6.88. The van der Waals surface area contributed by atoms with E-state index in [-0.39, 0.29) is 0 Å². The van der Waals surface area contributed by atoms with Gasteiger partial charge in [-0.05, 0) is 44.7 Å². The Morgan fingerprint density at radius 3 is 2.62 bits per heavy atom. The van der Waals surface area contributed by atoms with Gasteiger partial charge in [0.2, 0.25) is 5.91 Å². The quantitative estimate of drug-likeness (QED) is 0.729. The molecule has 2 saturated heterocycles. The first-order valence-electron chi connectivity index (χ1n) is 6.88. The van der Waals surface area contributed by atoms with Crippen molar-refractivity contribution in [3.8, 4) is 0 Å². The predicted molar refractivity (Wildman–Crippen MR) is 63.1 cm³/mol. The third-order valence-electron chi connectivity index (χ3n) is 4.65. The Balaban J connectivity index is 1.74. The molecule has 0 unspecified atom stereocenters. The average molecular weight is 222 g/mol. The average Bonchev–Trinajstić information content (AvgIpc) is 2.66. The maximum absolute atomic E-state index is 12.1. The second-order valence-corrected chi connectivity index (χ2v) is 5.60. The predicted octanol–water partition coefficient (Wildman–Crippen LogP) is 1.53. The van der Waals surface area contributed by atoms with Gasteiger partial charge < -0.3 is 10.2 Å². The molecule has 0 bridgehead atoms. The Kier molecular flexibility index (Phi) is 2.88. The van der Waals surface area contributed by atoms with Crippen LogP contribution in [0, 0.1) is 5.92 Å². The van der Waals surface area contributed by atoms with Gasteiger partial charge in [-0.2, -0.15) is 0 Å². The van der Waals surface area contributed by atoms with Crippen molar-refractivity contribution in [1.29, 1.82) is 0 Å². The van der Waals surface area contributed by atoms with E-state index in [2.05, 4.69) is 10.2 Å². The van der Waals surface area contributed by atoms with Crippen molar-refractivity contribution in [3.63, 3.8) is 0 Å². The summed E-state index contributed by atoms with van der Waals surface area (Å²) < 4.78 is 0. The zero-order chi connectivity index (χ0) is 11.0. The molecule has 0 spiro atoms. The third kappa shape index (κ3) is 1.75. The Labute approximate surface area is 97.6 Å². The summed E-state index contributed by atoms with van der Waals surface area (Å²) >= 11 is 0. The van der Waals surface area contributed by atoms with Crippen molar-refractivity contribution in [3.05, 3.63) is 0 Å². The molecule has 0 aromatic rings. The lowest BCUT2D eigenvalue weighted by molar-refractivity contribution is -0.131. The van der Waals surface area contributed by atoms with E-state index in [9.17, 15) is 4.79 Å². The van der Waals surface area contributed by atoms with E-state index in [1.54, 1.807) is 0 Å². The van der Waals surface area contributed by atoms with Gasteiger partial charge in [0.25, 0.3) is 0 Å². The SMILES string of the molecule is O=C1C[C@@H]2CCCC[C@@H]2N1C1CCNCC1. The first kappa shape index (κ1) is 10.6. The molecule has 2 heterocycles. The second kappa shape index (κ2) is 4.36. The minimum absolute atomic E-state index is 0.448. The van der Waals surface area contributed by atoms with Crippen molar-refractivity contribution < 1.29 is 4.79 Å². The summed E-state index contributed by atoms with van der Waals surface area (Å²) in [6, 6.07) is 1.14. The number of rotatable bonds is 1. The van der Waals surface area contributed by atoms with Crippen LogP contribution in [-0.4, -0.2) is 36.0 Å². The third-order valence-corrected chi connectivity index (χ3v) is 4.65. The molecule has 3 fully saturated rings. The van der Waals surface area contributed by atoms with Gasteiger partial charge in [-0.1, -0.05) is 12.8 Å². The number of hydrogen-bond donors (Lipinski definition) is 1. The minimum atomic E-state index is 0.448. The summed E-state index contributed by atoms with van der Waals surface area (Å²) in [5, 5.41) is 3.39. The van der Waals surface area contributed by atoms with Gasteiger partial charge in [0.1, 0.15) is 0 Å². The van der Waals surface area contributed by atoms with E-state index in [1.165, 1.54) is 25.7 Å². The van der Waals surface area contributed by atoms with Gasteiger partial charge in [0.05, 0.1) is 0 Å². The van der Waals surface area contributed by atoms with E-state index in [1.807, 2.05) is 0 Å². The van der Waals surface area contributed by atoms with Crippen molar-refractivity contribution >= 4 is 5.91 Å². The molecule has 1 saturated carbocycles. The summed E-state index contributed by atoms with van der Waals surface area (Å²) in [6.07, 6.45) is 8.39. The van der Waals surface area contributed by atoms with E-state index < -0.39 is 0 Å². The number of likely N-dealkylation sites (tertiary alicyclic amines) is 1. The number of fused-ring (bicyclic) bond motifs is 1. The maximum atomic E-state index is 12.1. The number of hydrogen-bond acceptors (Lipinski definition) is 2. The van der Waals surface area contributed by atoms with Crippen LogP contribution in [0.25, 0.3) is 0 Å². The number of amides is 1. The molecule has 2 atom stereocenters. The van der Waals surface area contributed by atoms with Crippen molar-refractivity contribution in [1.82, 2.24) is 10.2 Å². The number of carbonyl (C=O) groups is 1. The second-order valence-electron chi connectivity index (χ2n) is 5.60. The van der Waals surface area contributed by atoms with Gasteiger partial charge in [-0.25, -0.2) is 0 Å². The maximum Gasteiger partial charge on any atom is 0.223 e. The molecular weight excluding hydrogens is 200 g/mol. The largest absolute Gasteiger partial charge is 0.336 e. The van der Waals surface area contributed by atoms with Crippen molar-refractivity contribution in [2.24, 2.45) is 5.92 Å². The van der Waals surface area contributed by atoms with Crippen LogP contribution in [0.15, 0.2) is 0 Å². The van der Waals surface area contributed by atoms with Crippen LogP contribution in [0.4, 0.5) is 0 Å². The van der Waals surface area contributed by atoms with Gasteiger partial charge in [-0.3, -0.25) is 4.79 Å². The monoisotopic (exact) mass is 222 g/mol. The molecule has 1 amide bonds. The minimum Gasteiger partial charge on any atom is -0.336 e. The normalized spacial score (nSPS) is 36.5. The van der Waals surface area contributed by atoms with Crippen molar-refractivity contribution in [2.75, 3.05) is 13.1 Å². The summed E-state index contributed by atoms with van der Waals surface area (Å²) in [4.78, 5) is 14.4. The molecule has 3 nitrogen and oxygen atoms in total. The highest BCUT2D eigenvalue weighted by Gasteiger charge is 2.43. The fraction of sp³-hybridized carbons (Fsp3) is 0.923. The standard InChI is InChI=1S/C13H22N2O/c16-13-9-10-3-1-2-4-12(10)15(13)11-5-7-14-8-6-11/h10-12,14H,1-9H2/t10-,12-/m0/s1. The molecule has 90 valence electrons. The molecule has 3 aliphatic rings. The zero-order valence-electron chi connectivity index (χ0n) is 9.95. The molecule has 0 radical (unpaired) electrons. The van der Waals surface area contributed by atoms with Crippen LogP contribution in [0.5, 0.6) is 0 Å². The fourth-order valence-electron chi connectivity index (χ4n) is 3.87. The Morgan fingerprint density at radius 2 is 1.81 bits per heavy atom. The highest BCUT2D eigenvalue weighted by Crippen LogP contribution is 2.39. The molecule has 16 heavy (non-hydrogen) atoms. The van der Waals surface area contributed by atoms with Crippen LogP contribution in [0.2, 0.25) is 0 Å². The lowest BCUT2D eigenvalue weighted by Gasteiger charge is -2.39. The Morgan fingerprint density at radius 1 is 1.06 bits per heavy atom. The van der Waals surface area contributed by atoms with E-state index in [4.69, 9.17) is 0 Å². The number of nitrogens with zero attached hydrogens (tertiary/aromatic N) is 1. The Hall–Kier alpha value is -0.570. The molecule has 3 heteroatoms. The zero-order valence-corrected chi connectivity index (χ0v) is 9.95.